The van der Waals surface area contributed by atoms with Crippen LogP contribution in [0.2, 0.25) is 0 Å². The molecule has 0 saturated carbocycles. The molecule has 0 fully saturated rings. The van der Waals surface area contributed by atoms with Crippen molar-refractivity contribution in [1.29, 1.82) is 0 Å². The summed E-state index contributed by atoms with van der Waals surface area (Å²) < 4.78 is 35.3. The van der Waals surface area contributed by atoms with Crippen LogP contribution in [0.1, 0.15) is 17.3 Å². The van der Waals surface area contributed by atoms with Gasteiger partial charge in [0.05, 0.1) is 5.75 Å². The molecule has 1 aromatic carbocycles. The highest BCUT2D eigenvalue weighted by Gasteiger charge is 2.08. The molecular formula is C11H13FO3S2. The van der Waals surface area contributed by atoms with Crippen LogP contribution in [0.5, 0.6) is 0 Å². The lowest BCUT2D eigenvalue weighted by atomic mass is 10.1. The van der Waals surface area contributed by atoms with Gasteiger partial charge >= 0.3 is 0 Å². The van der Waals surface area contributed by atoms with E-state index in [0.29, 0.717) is 16.2 Å². The number of halogens is 1. The van der Waals surface area contributed by atoms with Gasteiger partial charge in [-0.15, -0.1) is 11.8 Å². The third-order valence-corrected chi connectivity index (χ3v) is 4.30. The van der Waals surface area contributed by atoms with Crippen molar-refractivity contribution in [1.82, 2.24) is 0 Å². The first-order valence-corrected chi connectivity index (χ1v) is 7.95. The van der Waals surface area contributed by atoms with Crippen LogP contribution in [0.4, 0.5) is 4.39 Å². The second-order valence-electron chi connectivity index (χ2n) is 3.68. The average Bonchev–Trinajstić information content (AvgIpc) is 2.18. The van der Waals surface area contributed by atoms with Gasteiger partial charge in [0, 0.05) is 22.5 Å². The Bertz CT molecular complexity index is 524. The van der Waals surface area contributed by atoms with Crippen LogP contribution >= 0.6 is 11.8 Å². The molecule has 0 spiro atoms. The highest BCUT2D eigenvalue weighted by Crippen LogP contribution is 2.22. The topological polar surface area (TPSA) is 51.2 Å². The van der Waals surface area contributed by atoms with Crippen LogP contribution in [0.15, 0.2) is 23.1 Å². The molecule has 0 radical (unpaired) electrons. The summed E-state index contributed by atoms with van der Waals surface area (Å²) in [6.07, 6.45) is 1.14. The average molecular weight is 276 g/mol. The van der Waals surface area contributed by atoms with Crippen molar-refractivity contribution in [3.8, 4) is 0 Å². The maximum Gasteiger partial charge on any atom is 0.159 e. The van der Waals surface area contributed by atoms with Gasteiger partial charge in [0.25, 0.3) is 0 Å². The van der Waals surface area contributed by atoms with Gasteiger partial charge in [0.2, 0.25) is 0 Å². The molecule has 0 heterocycles. The van der Waals surface area contributed by atoms with Crippen molar-refractivity contribution in [3.63, 3.8) is 0 Å². The standard InChI is InChI=1S/C11H13FO3S2/c1-8(13)9-3-4-11(10(12)7-9)16-5-6-17(2,14)15/h3-4,7H,5-6H2,1-2H3. The first-order chi connectivity index (χ1) is 7.79. The summed E-state index contributed by atoms with van der Waals surface area (Å²) in [6.45, 7) is 1.37. The number of sulfone groups is 1. The molecule has 0 aliphatic rings. The van der Waals surface area contributed by atoms with E-state index in [1.54, 1.807) is 0 Å². The van der Waals surface area contributed by atoms with E-state index in [4.69, 9.17) is 0 Å². The first kappa shape index (κ1) is 14.2. The van der Waals surface area contributed by atoms with Crippen LogP contribution < -0.4 is 0 Å². The molecule has 1 aromatic rings. The number of ketones is 1. The van der Waals surface area contributed by atoms with Gasteiger partial charge in [-0.05, 0) is 19.1 Å². The molecular weight excluding hydrogens is 263 g/mol. The van der Waals surface area contributed by atoms with E-state index in [0.717, 1.165) is 18.0 Å². The van der Waals surface area contributed by atoms with E-state index < -0.39 is 15.7 Å². The number of benzene rings is 1. The number of hydrogen-bond acceptors (Lipinski definition) is 4. The van der Waals surface area contributed by atoms with Gasteiger partial charge in [0.15, 0.2) is 5.78 Å². The van der Waals surface area contributed by atoms with E-state index >= 15 is 0 Å². The smallest absolute Gasteiger partial charge is 0.159 e. The van der Waals surface area contributed by atoms with Gasteiger partial charge < -0.3 is 0 Å². The van der Waals surface area contributed by atoms with Gasteiger partial charge in [-0.3, -0.25) is 4.79 Å². The number of rotatable bonds is 5. The molecule has 6 heteroatoms. The molecule has 0 bridgehead atoms. The molecule has 0 atom stereocenters. The Balaban J connectivity index is 2.70. The van der Waals surface area contributed by atoms with Gasteiger partial charge in [-0.1, -0.05) is 6.07 Å². The molecule has 3 nitrogen and oxygen atoms in total. The lowest BCUT2D eigenvalue weighted by Crippen LogP contribution is -2.05. The fourth-order valence-corrected chi connectivity index (χ4v) is 3.27. The number of carbonyl (C=O) groups is 1. The molecule has 0 aliphatic carbocycles. The number of thioether (sulfide) groups is 1. The van der Waals surface area contributed by atoms with Gasteiger partial charge in [-0.25, -0.2) is 12.8 Å². The molecule has 0 unspecified atom stereocenters. The molecule has 94 valence electrons. The van der Waals surface area contributed by atoms with Crippen LogP contribution in [-0.2, 0) is 9.84 Å². The number of Topliss-reactive ketones (excluding diaryl/α,β-unsaturated/α-hetero) is 1. The van der Waals surface area contributed by atoms with Crippen molar-refractivity contribution in [2.24, 2.45) is 0 Å². The van der Waals surface area contributed by atoms with E-state index in [2.05, 4.69) is 0 Å². The van der Waals surface area contributed by atoms with Crippen LogP contribution in [0, 0.1) is 5.82 Å². The first-order valence-electron chi connectivity index (χ1n) is 4.90. The number of hydrogen-bond donors (Lipinski definition) is 0. The zero-order valence-electron chi connectivity index (χ0n) is 9.57. The minimum Gasteiger partial charge on any atom is -0.295 e. The van der Waals surface area contributed by atoms with E-state index in [-0.39, 0.29) is 11.5 Å². The van der Waals surface area contributed by atoms with Crippen molar-refractivity contribution in [3.05, 3.63) is 29.6 Å². The molecule has 17 heavy (non-hydrogen) atoms. The monoisotopic (exact) mass is 276 g/mol. The molecule has 0 N–H and O–H groups in total. The summed E-state index contributed by atoms with van der Waals surface area (Å²) in [4.78, 5) is 11.4. The fourth-order valence-electron chi connectivity index (χ4n) is 1.14. The SMILES string of the molecule is CC(=O)c1ccc(SCCS(C)(=O)=O)c(F)c1. The Kier molecular flexibility index (Phi) is 4.70. The van der Waals surface area contributed by atoms with Crippen molar-refractivity contribution < 1.29 is 17.6 Å². The van der Waals surface area contributed by atoms with Gasteiger partial charge in [-0.2, -0.15) is 0 Å². The summed E-state index contributed by atoms with van der Waals surface area (Å²) in [5.41, 5.74) is 0.315. The Morgan fingerprint density at radius 2 is 2.06 bits per heavy atom. The summed E-state index contributed by atoms with van der Waals surface area (Å²) in [7, 11) is -3.03. The summed E-state index contributed by atoms with van der Waals surface area (Å²) in [5.74, 6) is -0.381. The Morgan fingerprint density at radius 3 is 2.53 bits per heavy atom. The lowest BCUT2D eigenvalue weighted by molar-refractivity contribution is 0.101. The van der Waals surface area contributed by atoms with Crippen LogP contribution in [0.25, 0.3) is 0 Å². The highest BCUT2D eigenvalue weighted by molar-refractivity contribution is 8.00. The summed E-state index contributed by atoms with van der Waals surface area (Å²) >= 11 is 1.13. The normalized spacial score (nSPS) is 11.5. The quantitative estimate of drug-likeness (QED) is 0.611. The van der Waals surface area contributed by atoms with E-state index in [9.17, 15) is 17.6 Å². The van der Waals surface area contributed by atoms with Crippen LogP contribution in [-0.4, -0.2) is 32.0 Å². The maximum absolute atomic E-state index is 13.5. The zero-order chi connectivity index (χ0) is 13.1. The second kappa shape index (κ2) is 5.64. The zero-order valence-corrected chi connectivity index (χ0v) is 11.2. The Labute approximate surface area is 104 Å². The van der Waals surface area contributed by atoms with Gasteiger partial charge in [0.1, 0.15) is 15.7 Å². The van der Waals surface area contributed by atoms with Crippen molar-refractivity contribution in [2.75, 3.05) is 17.8 Å². The third kappa shape index (κ3) is 4.87. The maximum atomic E-state index is 13.5. The number of carbonyl (C=O) groups excluding carboxylic acids is 1. The van der Waals surface area contributed by atoms with Crippen molar-refractivity contribution in [2.45, 2.75) is 11.8 Å². The summed E-state index contributed by atoms with van der Waals surface area (Å²) in [5, 5.41) is 0. The van der Waals surface area contributed by atoms with Crippen LogP contribution in [0.3, 0.4) is 0 Å². The predicted molar refractivity (Wildman–Crippen MR) is 66.8 cm³/mol. The molecule has 1 rings (SSSR count). The van der Waals surface area contributed by atoms with Crippen molar-refractivity contribution >= 4 is 27.4 Å². The molecule has 0 aliphatic heterocycles. The molecule has 0 amide bonds. The minimum absolute atomic E-state index is 0.00552. The highest BCUT2D eigenvalue weighted by atomic mass is 32.2. The third-order valence-electron chi connectivity index (χ3n) is 2.05. The molecule has 0 saturated heterocycles. The summed E-state index contributed by atoms with van der Waals surface area (Å²) in [6, 6.07) is 4.21. The Morgan fingerprint density at radius 1 is 1.41 bits per heavy atom. The Hall–Kier alpha value is -0.880. The van der Waals surface area contributed by atoms with E-state index in [1.807, 2.05) is 0 Å². The second-order valence-corrected chi connectivity index (χ2v) is 7.08. The minimum atomic E-state index is -3.03. The molecule has 0 aromatic heterocycles. The fraction of sp³-hybridized carbons (Fsp3) is 0.364. The largest absolute Gasteiger partial charge is 0.295 e. The predicted octanol–water partition coefficient (Wildman–Crippen LogP) is 2.17. The lowest BCUT2D eigenvalue weighted by Gasteiger charge is -2.04. The van der Waals surface area contributed by atoms with E-state index in [1.165, 1.54) is 25.1 Å².